The molecule has 1 aliphatic rings. The van der Waals surface area contributed by atoms with E-state index in [9.17, 15) is 13.2 Å². The molecule has 1 aromatic rings. The molecule has 2 rings (SSSR count). The summed E-state index contributed by atoms with van der Waals surface area (Å²) >= 11 is 0. The second kappa shape index (κ2) is 5.08. The Bertz CT molecular complexity index is 367. The van der Waals surface area contributed by atoms with Crippen LogP contribution in [0.4, 0.5) is 13.2 Å². The van der Waals surface area contributed by atoms with E-state index in [4.69, 9.17) is 0 Å². The first-order valence-corrected chi connectivity index (χ1v) is 5.92. The molecular weight excluding hydrogens is 227 g/mol. The molecule has 1 N–H and O–H groups in total. The summed E-state index contributed by atoms with van der Waals surface area (Å²) in [5, 5.41) is 3.26. The molecule has 0 aromatic heterocycles. The predicted molar refractivity (Wildman–Crippen MR) is 60.7 cm³/mol. The van der Waals surface area contributed by atoms with Crippen LogP contribution in [-0.2, 0) is 12.6 Å². The van der Waals surface area contributed by atoms with E-state index >= 15 is 0 Å². The van der Waals surface area contributed by atoms with Crippen molar-refractivity contribution in [3.63, 3.8) is 0 Å². The lowest BCUT2D eigenvalue weighted by Gasteiger charge is -2.10. The lowest BCUT2D eigenvalue weighted by molar-refractivity contribution is -0.137. The summed E-state index contributed by atoms with van der Waals surface area (Å²) in [5.41, 5.74) is 0.242. The molecule has 0 amide bonds. The molecule has 1 nitrogen and oxygen atoms in total. The van der Waals surface area contributed by atoms with Crippen molar-refractivity contribution in [3.8, 4) is 0 Å². The minimum absolute atomic E-state index is 0.542. The zero-order valence-electron chi connectivity index (χ0n) is 9.56. The van der Waals surface area contributed by atoms with Crippen molar-refractivity contribution in [2.45, 2.75) is 25.4 Å². The standard InChI is InChI=1S/C13H16F3N/c14-13(15,16)12-3-1-2-10(8-12)4-5-11-6-7-17-9-11/h1-3,8,11,17H,4-7,9H2. The molecule has 1 heterocycles. The topological polar surface area (TPSA) is 12.0 Å². The van der Waals surface area contributed by atoms with Gasteiger partial charge in [0.1, 0.15) is 0 Å². The Labute approximate surface area is 99.0 Å². The van der Waals surface area contributed by atoms with Gasteiger partial charge >= 0.3 is 6.18 Å². The maximum atomic E-state index is 12.5. The number of hydrogen-bond donors (Lipinski definition) is 1. The summed E-state index contributed by atoms with van der Waals surface area (Å²) in [5.74, 6) is 0.615. The highest BCUT2D eigenvalue weighted by Crippen LogP contribution is 2.30. The molecule has 1 saturated heterocycles. The molecule has 17 heavy (non-hydrogen) atoms. The van der Waals surface area contributed by atoms with Crippen LogP contribution in [0.3, 0.4) is 0 Å². The molecule has 1 fully saturated rings. The Morgan fingerprint density at radius 2 is 2.12 bits per heavy atom. The third kappa shape index (κ3) is 3.46. The second-order valence-electron chi connectivity index (χ2n) is 4.60. The van der Waals surface area contributed by atoms with Gasteiger partial charge in [-0.25, -0.2) is 0 Å². The Kier molecular flexibility index (Phi) is 3.72. The number of halogens is 3. The van der Waals surface area contributed by atoms with Gasteiger partial charge in [0.2, 0.25) is 0 Å². The normalized spacial score (nSPS) is 20.8. The number of rotatable bonds is 3. The van der Waals surface area contributed by atoms with Gasteiger partial charge in [0, 0.05) is 0 Å². The maximum Gasteiger partial charge on any atom is 0.416 e. The van der Waals surface area contributed by atoms with E-state index in [0.717, 1.165) is 44.0 Å². The second-order valence-corrected chi connectivity index (χ2v) is 4.60. The summed E-state index contributed by atoms with van der Waals surface area (Å²) in [6, 6.07) is 5.66. The van der Waals surface area contributed by atoms with Crippen molar-refractivity contribution in [2.24, 2.45) is 5.92 Å². The molecule has 1 aromatic carbocycles. The third-order valence-corrected chi connectivity index (χ3v) is 3.26. The molecule has 1 unspecified atom stereocenters. The molecule has 0 aliphatic carbocycles. The average molecular weight is 243 g/mol. The third-order valence-electron chi connectivity index (χ3n) is 3.26. The van der Waals surface area contributed by atoms with Crippen LogP contribution in [-0.4, -0.2) is 13.1 Å². The van der Waals surface area contributed by atoms with Crippen LogP contribution in [0.25, 0.3) is 0 Å². The van der Waals surface area contributed by atoms with E-state index in [1.165, 1.54) is 12.1 Å². The van der Waals surface area contributed by atoms with Gasteiger partial charge in [0.05, 0.1) is 5.56 Å². The van der Waals surface area contributed by atoms with Crippen molar-refractivity contribution in [1.82, 2.24) is 5.32 Å². The highest BCUT2D eigenvalue weighted by molar-refractivity contribution is 5.25. The lowest BCUT2D eigenvalue weighted by atomic mass is 9.98. The van der Waals surface area contributed by atoms with Crippen molar-refractivity contribution in [3.05, 3.63) is 35.4 Å². The summed E-state index contributed by atoms with van der Waals surface area (Å²) in [7, 11) is 0. The van der Waals surface area contributed by atoms with E-state index in [2.05, 4.69) is 5.32 Å². The monoisotopic (exact) mass is 243 g/mol. The summed E-state index contributed by atoms with van der Waals surface area (Å²) in [4.78, 5) is 0. The SMILES string of the molecule is FC(F)(F)c1cccc(CCC2CCNC2)c1. The highest BCUT2D eigenvalue weighted by atomic mass is 19.4. The van der Waals surface area contributed by atoms with Crippen molar-refractivity contribution in [2.75, 3.05) is 13.1 Å². The predicted octanol–water partition coefficient (Wildman–Crippen LogP) is 3.25. The maximum absolute atomic E-state index is 12.5. The first-order valence-electron chi connectivity index (χ1n) is 5.92. The fourth-order valence-electron chi connectivity index (χ4n) is 2.23. The number of nitrogens with one attached hydrogen (secondary N) is 1. The van der Waals surface area contributed by atoms with E-state index in [1.807, 2.05) is 0 Å². The molecule has 0 spiro atoms. The van der Waals surface area contributed by atoms with E-state index < -0.39 is 11.7 Å². The van der Waals surface area contributed by atoms with Gasteiger partial charge in [-0.2, -0.15) is 13.2 Å². The zero-order valence-corrected chi connectivity index (χ0v) is 9.56. The number of benzene rings is 1. The van der Waals surface area contributed by atoms with Crippen LogP contribution in [0.15, 0.2) is 24.3 Å². The number of alkyl halides is 3. The molecule has 1 atom stereocenters. The fraction of sp³-hybridized carbons (Fsp3) is 0.538. The molecule has 0 bridgehead atoms. The summed E-state index contributed by atoms with van der Waals surface area (Å²) < 4.78 is 37.5. The molecule has 94 valence electrons. The van der Waals surface area contributed by atoms with Crippen LogP contribution in [0.2, 0.25) is 0 Å². The highest BCUT2D eigenvalue weighted by Gasteiger charge is 2.30. The van der Waals surface area contributed by atoms with Crippen LogP contribution in [0.5, 0.6) is 0 Å². The largest absolute Gasteiger partial charge is 0.416 e. The smallest absolute Gasteiger partial charge is 0.316 e. The first kappa shape index (κ1) is 12.4. The zero-order chi connectivity index (χ0) is 12.3. The quantitative estimate of drug-likeness (QED) is 0.859. The van der Waals surface area contributed by atoms with E-state index in [0.29, 0.717) is 5.92 Å². The van der Waals surface area contributed by atoms with E-state index in [-0.39, 0.29) is 0 Å². The Balaban J connectivity index is 1.96. The van der Waals surface area contributed by atoms with Crippen LogP contribution >= 0.6 is 0 Å². The van der Waals surface area contributed by atoms with Crippen LogP contribution < -0.4 is 5.32 Å². The molecule has 1 aliphatic heterocycles. The van der Waals surface area contributed by atoms with Gasteiger partial charge in [-0.3, -0.25) is 0 Å². The summed E-state index contributed by atoms with van der Waals surface area (Å²) in [6.07, 6.45) is -1.39. The van der Waals surface area contributed by atoms with Crippen molar-refractivity contribution in [1.29, 1.82) is 0 Å². The minimum Gasteiger partial charge on any atom is -0.316 e. The molecular formula is C13H16F3N. The minimum atomic E-state index is -4.23. The van der Waals surface area contributed by atoms with Crippen molar-refractivity contribution >= 4 is 0 Å². The average Bonchev–Trinajstić information content (AvgIpc) is 2.78. The first-order chi connectivity index (χ1) is 8.05. The van der Waals surface area contributed by atoms with Gasteiger partial charge in [-0.15, -0.1) is 0 Å². The molecule has 0 radical (unpaired) electrons. The summed E-state index contributed by atoms with van der Waals surface area (Å²) in [6.45, 7) is 2.03. The lowest BCUT2D eigenvalue weighted by Crippen LogP contribution is -2.10. The van der Waals surface area contributed by atoms with Gasteiger partial charge in [-0.1, -0.05) is 18.2 Å². The van der Waals surface area contributed by atoms with Gasteiger partial charge < -0.3 is 5.32 Å². The number of aryl methyl sites for hydroxylation is 1. The van der Waals surface area contributed by atoms with E-state index in [1.54, 1.807) is 6.07 Å². The molecule has 4 heteroatoms. The number of hydrogen-bond acceptors (Lipinski definition) is 1. The van der Waals surface area contributed by atoms with Gasteiger partial charge in [0.15, 0.2) is 0 Å². The fourth-order valence-corrected chi connectivity index (χ4v) is 2.23. The van der Waals surface area contributed by atoms with Gasteiger partial charge in [-0.05, 0) is 49.9 Å². The van der Waals surface area contributed by atoms with Crippen molar-refractivity contribution < 1.29 is 13.2 Å². The van der Waals surface area contributed by atoms with Gasteiger partial charge in [0.25, 0.3) is 0 Å². The van der Waals surface area contributed by atoms with Crippen LogP contribution in [0, 0.1) is 5.92 Å². The Hall–Kier alpha value is -1.03. The van der Waals surface area contributed by atoms with Crippen LogP contribution in [0.1, 0.15) is 24.0 Å². The Morgan fingerprint density at radius 3 is 2.76 bits per heavy atom. The molecule has 0 saturated carbocycles. The Morgan fingerprint density at radius 1 is 1.29 bits per heavy atom.